The number of aryl methyl sites for hydroxylation is 2. The molecule has 1 heterocycles. The molecule has 4 nitrogen and oxygen atoms in total. The number of hydrogen-bond donors (Lipinski definition) is 0. The highest BCUT2D eigenvalue weighted by Gasteiger charge is 2.29. The summed E-state index contributed by atoms with van der Waals surface area (Å²) >= 11 is 0. The number of carbonyl (C=O) groups is 1. The van der Waals surface area contributed by atoms with Crippen LogP contribution in [0, 0.1) is 13.8 Å². The van der Waals surface area contributed by atoms with Gasteiger partial charge in [-0.3, -0.25) is 4.79 Å². The molecule has 0 saturated carbocycles. The van der Waals surface area contributed by atoms with E-state index in [-0.39, 0.29) is 5.78 Å². The Morgan fingerprint density at radius 2 is 1.72 bits per heavy atom. The number of hydrogen-bond acceptors (Lipinski definition) is 3. The van der Waals surface area contributed by atoms with Gasteiger partial charge in [0.25, 0.3) is 0 Å². The second-order valence-corrected chi connectivity index (χ2v) is 6.62. The molecule has 0 spiro atoms. The third-order valence-corrected chi connectivity index (χ3v) is 5.29. The maximum absolute atomic E-state index is 12.4. The van der Waals surface area contributed by atoms with Gasteiger partial charge in [-0.25, -0.2) is 8.42 Å². The van der Waals surface area contributed by atoms with E-state index in [4.69, 9.17) is 0 Å². The average Bonchev–Trinajstić information content (AvgIpc) is 2.29. The lowest BCUT2D eigenvalue weighted by atomic mass is 10.1. The molecule has 98 valence electrons. The number of rotatable bonds is 2. The van der Waals surface area contributed by atoms with Crippen molar-refractivity contribution in [2.24, 2.45) is 0 Å². The third kappa shape index (κ3) is 2.47. The van der Waals surface area contributed by atoms with E-state index < -0.39 is 10.0 Å². The van der Waals surface area contributed by atoms with Crippen molar-refractivity contribution < 1.29 is 13.2 Å². The van der Waals surface area contributed by atoms with Gasteiger partial charge in [-0.1, -0.05) is 17.7 Å². The van der Waals surface area contributed by atoms with E-state index in [9.17, 15) is 13.2 Å². The Morgan fingerprint density at radius 1 is 1.11 bits per heavy atom. The van der Waals surface area contributed by atoms with Gasteiger partial charge in [0.1, 0.15) is 5.78 Å². The topological polar surface area (TPSA) is 54.5 Å². The molecule has 1 fully saturated rings. The van der Waals surface area contributed by atoms with E-state index in [1.165, 1.54) is 4.31 Å². The molecule has 1 saturated heterocycles. The maximum atomic E-state index is 12.4. The fourth-order valence-electron chi connectivity index (χ4n) is 2.20. The number of carbonyl (C=O) groups excluding carboxylic acids is 1. The van der Waals surface area contributed by atoms with Crippen LogP contribution in [0.5, 0.6) is 0 Å². The summed E-state index contributed by atoms with van der Waals surface area (Å²) in [6.07, 6.45) is 0.647. The van der Waals surface area contributed by atoms with Gasteiger partial charge in [-0.15, -0.1) is 0 Å². The van der Waals surface area contributed by atoms with Gasteiger partial charge >= 0.3 is 0 Å². The molecule has 0 radical (unpaired) electrons. The van der Waals surface area contributed by atoms with E-state index >= 15 is 0 Å². The number of sulfonamides is 1. The van der Waals surface area contributed by atoms with Crippen molar-refractivity contribution >= 4 is 15.8 Å². The van der Waals surface area contributed by atoms with Gasteiger partial charge in [0.15, 0.2) is 0 Å². The van der Waals surface area contributed by atoms with Crippen molar-refractivity contribution in [3.05, 3.63) is 29.3 Å². The summed E-state index contributed by atoms with van der Waals surface area (Å²) < 4.78 is 26.3. The summed E-state index contributed by atoms with van der Waals surface area (Å²) in [5, 5.41) is 0. The van der Waals surface area contributed by atoms with Crippen molar-refractivity contribution in [3.8, 4) is 0 Å². The summed E-state index contributed by atoms with van der Waals surface area (Å²) in [7, 11) is -3.45. The van der Waals surface area contributed by atoms with Gasteiger partial charge in [-0.2, -0.15) is 4.31 Å². The van der Waals surface area contributed by atoms with E-state index in [0.29, 0.717) is 30.8 Å². The lowest BCUT2D eigenvalue weighted by molar-refractivity contribution is -0.120. The third-order valence-electron chi connectivity index (χ3n) is 3.23. The lowest BCUT2D eigenvalue weighted by Gasteiger charge is -2.26. The van der Waals surface area contributed by atoms with Gasteiger partial charge in [0, 0.05) is 25.9 Å². The van der Waals surface area contributed by atoms with Gasteiger partial charge in [-0.05, 0) is 25.5 Å². The first-order valence-corrected chi connectivity index (χ1v) is 7.44. The lowest BCUT2D eigenvalue weighted by Crippen LogP contribution is -2.38. The normalized spacial score (nSPS) is 18.0. The predicted molar refractivity (Wildman–Crippen MR) is 68.9 cm³/mol. The molecule has 0 unspecified atom stereocenters. The number of piperidine rings is 1. The molecular weight excluding hydrogens is 250 g/mol. The number of benzene rings is 1. The van der Waals surface area contributed by atoms with E-state index in [0.717, 1.165) is 11.1 Å². The number of nitrogens with zero attached hydrogens (tertiary/aromatic N) is 1. The zero-order valence-electron chi connectivity index (χ0n) is 10.6. The highest BCUT2D eigenvalue weighted by atomic mass is 32.2. The molecule has 1 aromatic rings. The first-order chi connectivity index (χ1) is 8.41. The van der Waals surface area contributed by atoms with Crippen molar-refractivity contribution in [1.29, 1.82) is 0 Å². The van der Waals surface area contributed by atoms with Crippen molar-refractivity contribution in [2.45, 2.75) is 31.6 Å². The van der Waals surface area contributed by atoms with Crippen LogP contribution in [0.25, 0.3) is 0 Å². The van der Waals surface area contributed by atoms with Crippen LogP contribution < -0.4 is 0 Å². The zero-order valence-corrected chi connectivity index (χ0v) is 11.5. The van der Waals surface area contributed by atoms with Gasteiger partial charge in [0.2, 0.25) is 10.0 Å². The van der Waals surface area contributed by atoms with Crippen LogP contribution in [0.1, 0.15) is 24.0 Å². The van der Waals surface area contributed by atoms with Crippen LogP contribution in [0.4, 0.5) is 0 Å². The van der Waals surface area contributed by atoms with Crippen molar-refractivity contribution in [1.82, 2.24) is 4.31 Å². The Bertz CT molecular complexity index is 568. The Hall–Kier alpha value is -1.20. The summed E-state index contributed by atoms with van der Waals surface area (Å²) in [4.78, 5) is 11.5. The van der Waals surface area contributed by atoms with Gasteiger partial charge in [0.05, 0.1) is 4.90 Å². The predicted octanol–water partition coefficient (Wildman–Crippen LogP) is 1.66. The molecule has 1 aliphatic heterocycles. The monoisotopic (exact) mass is 267 g/mol. The molecule has 0 amide bonds. The smallest absolute Gasteiger partial charge is 0.243 e. The maximum Gasteiger partial charge on any atom is 0.243 e. The molecule has 0 aromatic heterocycles. The standard InChI is InChI=1S/C13H17NO3S/c1-10-3-4-13(11(2)9-10)18(16,17)14-7-5-12(15)6-8-14/h3-4,9H,5-8H2,1-2H3. The second kappa shape index (κ2) is 4.82. The second-order valence-electron chi connectivity index (χ2n) is 4.71. The zero-order chi connectivity index (χ0) is 13.3. The van der Waals surface area contributed by atoms with Crippen LogP contribution in [-0.4, -0.2) is 31.6 Å². The molecule has 0 atom stereocenters. The van der Waals surface area contributed by atoms with Crippen LogP contribution in [0.15, 0.2) is 23.1 Å². The average molecular weight is 267 g/mol. The minimum absolute atomic E-state index is 0.141. The Morgan fingerprint density at radius 3 is 2.28 bits per heavy atom. The quantitative estimate of drug-likeness (QED) is 0.819. The highest BCUT2D eigenvalue weighted by Crippen LogP contribution is 2.23. The Balaban J connectivity index is 2.33. The van der Waals surface area contributed by atoms with E-state index in [1.54, 1.807) is 19.1 Å². The SMILES string of the molecule is Cc1ccc(S(=O)(=O)N2CCC(=O)CC2)c(C)c1. The summed E-state index contributed by atoms with van der Waals surface area (Å²) in [5.41, 5.74) is 1.80. The molecule has 5 heteroatoms. The first kappa shape index (κ1) is 13.2. The summed E-state index contributed by atoms with van der Waals surface area (Å²) in [6, 6.07) is 5.31. The molecule has 18 heavy (non-hydrogen) atoms. The fraction of sp³-hybridized carbons (Fsp3) is 0.462. The number of ketones is 1. The van der Waals surface area contributed by atoms with Crippen LogP contribution in [-0.2, 0) is 14.8 Å². The van der Waals surface area contributed by atoms with E-state index in [2.05, 4.69) is 0 Å². The van der Waals surface area contributed by atoms with Crippen molar-refractivity contribution in [3.63, 3.8) is 0 Å². The first-order valence-electron chi connectivity index (χ1n) is 6.00. The summed E-state index contributed by atoms with van der Waals surface area (Å²) in [6.45, 7) is 4.33. The van der Waals surface area contributed by atoms with Crippen molar-refractivity contribution in [2.75, 3.05) is 13.1 Å². The van der Waals surface area contributed by atoms with Gasteiger partial charge < -0.3 is 0 Å². The van der Waals surface area contributed by atoms with Crippen LogP contribution >= 0.6 is 0 Å². The molecular formula is C13H17NO3S. The minimum Gasteiger partial charge on any atom is -0.300 e. The Labute approximate surface area is 108 Å². The molecule has 0 N–H and O–H groups in total. The molecule has 2 rings (SSSR count). The summed E-state index contributed by atoms with van der Waals surface area (Å²) in [5.74, 6) is 0.141. The van der Waals surface area contributed by atoms with E-state index in [1.807, 2.05) is 13.0 Å². The Kier molecular flexibility index (Phi) is 3.54. The minimum atomic E-state index is -3.45. The fourth-order valence-corrected chi connectivity index (χ4v) is 3.85. The highest BCUT2D eigenvalue weighted by molar-refractivity contribution is 7.89. The van der Waals surface area contributed by atoms with Crippen LogP contribution in [0.3, 0.4) is 0 Å². The molecule has 1 aromatic carbocycles. The van der Waals surface area contributed by atoms with Crippen LogP contribution in [0.2, 0.25) is 0 Å². The molecule has 0 aliphatic carbocycles. The molecule has 0 bridgehead atoms. The largest absolute Gasteiger partial charge is 0.300 e. The number of Topliss-reactive ketones (excluding diaryl/α,β-unsaturated/α-hetero) is 1. The molecule has 1 aliphatic rings.